The van der Waals surface area contributed by atoms with E-state index in [-0.39, 0.29) is 5.41 Å². The Morgan fingerprint density at radius 3 is 1.22 bits per heavy atom. The lowest BCUT2D eigenvalue weighted by Crippen LogP contribution is -2.29. The van der Waals surface area contributed by atoms with Crippen molar-refractivity contribution in [2.45, 2.75) is 24.6 Å². The SMILES string of the molecule is [BH]CCCC(c1ccccc1)(c1ccccc1)c1ccccc1. The Morgan fingerprint density at radius 1 is 0.565 bits per heavy atom. The fourth-order valence-corrected chi connectivity index (χ4v) is 3.49. The minimum Gasteiger partial charge on any atom is -0.0845 e. The Labute approximate surface area is 140 Å². The van der Waals surface area contributed by atoms with E-state index in [0.717, 1.165) is 19.2 Å². The van der Waals surface area contributed by atoms with Gasteiger partial charge >= 0.3 is 0 Å². The molecule has 3 rings (SSSR count). The van der Waals surface area contributed by atoms with Crippen molar-refractivity contribution in [2.24, 2.45) is 0 Å². The zero-order valence-electron chi connectivity index (χ0n) is 13.5. The van der Waals surface area contributed by atoms with Crippen LogP contribution in [0, 0.1) is 0 Å². The quantitative estimate of drug-likeness (QED) is 0.437. The van der Waals surface area contributed by atoms with Crippen molar-refractivity contribution >= 4 is 7.85 Å². The van der Waals surface area contributed by atoms with E-state index in [1.165, 1.54) is 16.7 Å². The molecule has 0 heterocycles. The van der Waals surface area contributed by atoms with Crippen molar-refractivity contribution in [3.8, 4) is 0 Å². The first-order chi connectivity index (χ1) is 11.4. The van der Waals surface area contributed by atoms with Gasteiger partial charge in [-0.05, 0) is 23.1 Å². The van der Waals surface area contributed by atoms with Crippen molar-refractivity contribution < 1.29 is 0 Å². The molecular weight excluding hydrogens is 275 g/mol. The summed E-state index contributed by atoms with van der Waals surface area (Å²) in [5.74, 6) is 0. The Hall–Kier alpha value is -2.28. The second-order valence-corrected chi connectivity index (χ2v) is 5.96. The van der Waals surface area contributed by atoms with Gasteiger partial charge < -0.3 is 0 Å². The maximum atomic E-state index is 4.07. The molecule has 3 aromatic rings. The van der Waals surface area contributed by atoms with Crippen molar-refractivity contribution in [3.63, 3.8) is 0 Å². The number of hydrogen-bond donors (Lipinski definition) is 0. The van der Waals surface area contributed by atoms with Crippen LogP contribution in [0.4, 0.5) is 0 Å². The van der Waals surface area contributed by atoms with Crippen LogP contribution < -0.4 is 0 Å². The first-order valence-corrected chi connectivity index (χ1v) is 8.34. The van der Waals surface area contributed by atoms with E-state index in [1.807, 2.05) is 0 Å². The van der Waals surface area contributed by atoms with Crippen LogP contribution in [0.1, 0.15) is 29.5 Å². The molecule has 0 unspecified atom stereocenters. The normalized spacial score (nSPS) is 11.3. The average molecular weight is 297 g/mol. The van der Waals surface area contributed by atoms with Crippen molar-refractivity contribution in [3.05, 3.63) is 108 Å². The van der Waals surface area contributed by atoms with Gasteiger partial charge in [-0.1, -0.05) is 104 Å². The highest BCUT2D eigenvalue weighted by molar-refractivity contribution is 6.08. The van der Waals surface area contributed by atoms with Crippen LogP contribution in [-0.2, 0) is 5.41 Å². The van der Waals surface area contributed by atoms with Crippen molar-refractivity contribution in [2.75, 3.05) is 0 Å². The molecule has 0 fully saturated rings. The van der Waals surface area contributed by atoms with E-state index in [9.17, 15) is 0 Å². The molecule has 0 aliphatic heterocycles. The van der Waals surface area contributed by atoms with Gasteiger partial charge in [0.15, 0.2) is 0 Å². The second-order valence-electron chi connectivity index (χ2n) is 5.96. The molecule has 0 nitrogen and oxygen atoms in total. The molecule has 1 heteroatoms. The van der Waals surface area contributed by atoms with Crippen LogP contribution in [0.5, 0.6) is 0 Å². The topological polar surface area (TPSA) is 0 Å². The van der Waals surface area contributed by atoms with Crippen LogP contribution in [-0.4, -0.2) is 7.85 Å². The molecule has 0 aromatic heterocycles. The van der Waals surface area contributed by atoms with Crippen LogP contribution >= 0.6 is 0 Å². The molecule has 23 heavy (non-hydrogen) atoms. The van der Waals surface area contributed by atoms with Gasteiger partial charge in [0.05, 0.1) is 7.85 Å². The lowest BCUT2D eigenvalue weighted by Gasteiger charge is -2.36. The van der Waals surface area contributed by atoms with Crippen LogP contribution in [0.3, 0.4) is 0 Å². The fraction of sp³-hybridized carbons (Fsp3) is 0.182. The van der Waals surface area contributed by atoms with Gasteiger partial charge in [-0.25, -0.2) is 0 Å². The third-order valence-corrected chi connectivity index (χ3v) is 4.60. The van der Waals surface area contributed by atoms with E-state index in [0.29, 0.717) is 0 Å². The molecule has 3 aromatic carbocycles. The lowest BCUT2D eigenvalue weighted by atomic mass is 9.66. The number of benzene rings is 3. The smallest absolute Gasteiger partial charge is 0.0845 e. The average Bonchev–Trinajstić information content (AvgIpc) is 2.65. The zero-order valence-corrected chi connectivity index (χ0v) is 13.5. The highest BCUT2D eigenvalue weighted by atomic mass is 14.4. The maximum Gasteiger partial charge on any atom is 0.0865 e. The first-order valence-electron chi connectivity index (χ1n) is 8.34. The summed E-state index contributed by atoms with van der Waals surface area (Å²) in [6, 6.07) is 32.6. The minimum atomic E-state index is -0.110. The number of hydrogen-bond acceptors (Lipinski definition) is 0. The van der Waals surface area contributed by atoms with Gasteiger partial charge in [-0.3, -0.25) is 0 Å². The highest BCUT2D eigenvalue weighted by Crippen LogP contribution is 2.43. The molecule has 1 radical (unpaired) electrons. The Morgan fingerprint density at radius 2 is 0.913 bits per heavy atom. The predicted molar refractivity (Wildman–Crippen MR) is 100 cm³/mol. The molecule has 0 saturated heterocycles. The molecule has 113 valence electrons. The van der Waals surface area contributed by atoms with Crippen molar-refractivity contribution in [1.82, 2.24) is 0 Å². The van der Waals surface area contributed by atoms with Crippen molar-refractivity contribution in [1.29, 1.82) is 0 Å². The molecule has 0 saturated carbocycles. The third-order valence-electron chi connectivity index (χ3n) is 4.60. The molecule has 0 spiro atoms. The Kier molecular flexibility index (Phi) is 4.97. The molecule has 0 N–H and O–H groups in total. The summed E-state index contributed by atoms with van der Waals surface area (Å²) in [6.45, 7) is 0. The van der Waals surface area contributed by atoms with Crippen LogP contribution in [0.15, 0.2) is 91.0 Å². The van der Waals surface area contributed by atoms with E-state index < -0.39 is 0 Å². The van der Waals surface area contributed by atoms with E-state index in [2.05, 4.69) is 98.8 Å². The fourth-order valence-electron chi connectivity index (χ4n) is 3.49. The zero-order chi connectivity index (χ0) is 16.0. The van der Waals surface area contributed by atoms with Gasteiger partial charge in [0.25, 0.3) is 0 Å². The highest BCUT2D eigenvalue weighted by Gasteiger charge is 2.35. The lowest BCUT2D eigenvalue weighted by molar-refractivity contribution is 0.550. The first kappa shape index (κ1) is 15.6. The maximum absolute atomic E-state index is 4.07. The standard InChI is InChI=1S/C22H22B/c23-18-10-17-22(19-11-4-1-5-12-19,20-13-6-2-7-14-20)21-15-8-3-9-16-21/h1-9,11-16,23H,10,17-18H2. The van der Waals surface area contributed by atoms with Crippen LogP contribution in [0.25, 0.3) is 0 Å². The second kappa shape index (κ2) is 7.33. The molecular formula is C22H22B. The van der Waals surface area contributed by atoms with Gasteiger partial charge in [0.2, 0.25) is 0 Å². The molecule has 0 atom stereocenters. The largest absolute Gasteiger partial charge is 0.0865 e. The summed E-state index contributed by atoms with van der Waals surface area (Å²) in [5, 5.41) is 0. The molecule has 0 amide bonds. The number of rotatable bonds is 6. The summed E-state index contributed by atoms with van der Waals surface area (Å²) in [7, 11) is 4.07. The predicted octanol–water partition coefficient (Wildman–Crippen LogP) is 5.12. The monoisotopic (exact) mass is 297 g/mol. The third kappa shape index (κ3) is 3.10. The molecule has 0 aliphatic rings. The molecule has 0 aliphatic carbocycles. The van der Waals surface area contributed by atoms with E-state index in [4.69, 9.17) is 0 Å². The van der Waals surface area contributed by atoms with Gasteiger partial charge in [0.1, 0.15) is 0 Å². The Bertz CT molecular complexity index is 608. The Balaban J connectivity index is 2.25. The van der Waals surface area contributed by atoms with Crippen LogP contribution in [0.2, 0.25) is 6.32 Å². The van der Waals surface area contributed by atoms with E-state index in [1.54, 1.807) is 0 Å². The van der Waals surface area contributed by atoms with Gasteiger partial charge in [-0.2, -0.15) is 0 Å². The van der Waals surface area contributed by atoms with Gasteiger partial charge in [0, 0.05) is 5.41 Å². The molecule has 0 bridgehead atoms. The summed E-state index contributed by atoms with van der Waals surface area (Å²) in [5.41, 5.74) is 3.95. The summed E-state index contributed by atoms with van der Waals surface area (Å²) < 4.78 is 0. The summed E-state index contributed by atoms with van der Waals surface area (Å²) >= 11 is 0. The summed E-state index contributed by atoms with van der Waals surface area (Å²) in [6.07, 6.45) is 3.11. The minimum absolute atomic E-state index is 0.110. The summed E-state index contributed by atoms with van der Waals surface area (Å²) in [4.78, 5) is 0. The van der Waals surface area contributed by atoms with Gasteiger partial charge in [-0.15, -0.1) is 0 Å². The van der Waals surface area contributed by atoms with E-state index >= 15 is 0 Å².